The van der Waals surface area contributed by atoms with Crippen LogP contribution in [0.5, 0.6) is 0 Å². The first-order valence-electron chi connectivity index (χ1n) is 4.85. The van der Waals surface area contributed by atoms with Gasteiger partial charge < -0.3 is 0 Å². The second-order valence-corrected chi connectivity index (χ2v) is 3.52. The molecule has 0 atom stereocenters. The second kappa shape index (κ2) is 4.10. The topological polar surface area (TPSA) is 53.2 Å². The minimum Gasteiger partial charge on any atom is -0.264 e. The van der Waals surface area contributed by atoms with Crippen LogP contribution in [0.25, 0.3) is 11.1 Å². The molecule has 0 radical (unpaired) electrons. The summed E-state index contributed by atoms with van der Waals surface area (Å²) in [6.45, 7) is 1.77. The number of aromatic nitrogens is 1. The van der Waals surface area contributed by atoms with Crippen molar-refractivity contribution in [2.75, 3.05) is 0 Å². The molecule has 4 heteroatoms. The van der Waals surface area contributed by atoms with E-state index in [2.05, 4.69) is 4.98 Å². The monoisotopic (exact) mass is 215 g/mol. The summed E-state index contributed by atoms with van der Waals surface area (Å²) >= 11 is 0. The molecule has 2 aromatic rings. The van der Waals surface area contributed by atoms with E-state index in [9.17, 15) is 4.91 Å². The van der Waals surface area contributed by atoms with E-state index in [1.54, 1.807) is 31.5 Å². The molecule has 80 valence electrons. The molecule has 0 aliphatic rings. The molecule has 0 bridgehead atoms. The van der Waals surface area contributed by atoms with E-state index in [0.29, 0.717) is 0 Å². The van der Waals surface area contributed by atoms with Gasteiger partial charge in [0.1, 0.15) is 0 Å². The van der Waals surface area contributed by atoms with Crippen LogP contribution in [0.2, 0.25) is 0 Å². The fourth-order valence-corrected chi connectivity index (χ4v) is 1.53. The van der Waals surface area contributed by atoms with Crippen LogP contribution in [0, 0.1) is 11.8 Å². The molecule has 0 fully saturated rings. The van der Waals surface area contributed by atoms with E-state index in [0.717, 1.165) is 16.7 Å². The number of pyridine rings is 1. The van der Waals surface area contributed by atoms with Gasteiger partial charge in [0.05, 0.1) is 4.91 Å². The molecule has 1 N–H and O–H groups in total. The third-order valence-corrected chi connectivity index (χ3v) is 2.41. The highest BCUT2D eigenvalue weighted by molar-refractivity contribution is 5.66. The van der Waals surface area contributed by atoms with Gasteiger partial charge in [0.25, 0.3) is 4.92 Å². The Morgan fingerprint density at radius 1 is 1.25 bits per heavy atom. The Hall–Kier alpha value is -2.23. The average Bonchev–Trinajstić information content (AvgIpc) is 2.30. The molecule has 0 saturated carbocycles. The van der Waals surface area contributed by atoms with Gasteiger partial charge in [-0.05, 0) is 18.6 Å². The smallest absolute Gasteiger partial charge is 0.264 e. The van der Waals surface area contributed by atoms with Gasteiger partial charge in [-0.15, -0.1) is 0 Å². The van der Waals surface area contributed by atoms with Crippen molar-refractivity contribution in [2.24, 2.45) is 0 Å². The van der Waals surface area contributed by atoms with Crippen molar-refractivity contribution < 1.29 is 10.1 Å². The third kappa shape index (κ3) is 1.91. The highest BCUT2D eigenvalue weighted by atomic mass is 16.6. The number of hydrogen-bond acceptors (Lipinski definition) is 2. The molecule has 4 nitrogen and oxygen atoms in total. The fraction of sp³-hybridized carbons (Fsp3) is 0.0833. The number of nitrogens with zero attached hydrogens (tertiary/aromatic N) is 2. The molecule has 0 unspecified atom stereocenters. The molecular formula is C12H11N2O2+. The first-order valence-corrected chi connectivity index (χ1v) is 4.85. The van der Waals surface area contributed by atoms with Crippen LogP contribution < -0.4 is 0 Å². The van der Waals surface area contributed by atoms with Crippen molar-refractivity contribution in [3.8, 4) is 11.1 Å². The maximum absolute atomic E-state index is 10.9. The molecule has 1 aromatic carbocycles. The summed E-state index contributed by atoms with van der Waals surface area (Å²) < 4.78 is 0. The molecule has 0 aliphatic heterocycles. The molecule has 0 spiro atoms. The zero-order valence-electron chi connectivity index (χ0n) is 8.79. The Labute approximate surface area is 92.7 Å². The van der Waals surface area contributed by atoms with Gasteiger partial charge in [0, 0.05) is 29.6 Å². The summed E-state index contributed by atoms with van der Waals surface area (Å²) in [5.41, 5.74) is 2.74. The Morgan fingerprint density at radius 3 is 2.69 bits per heavy atom. The van der Waals surface area contributed by atoms with Gasteiger partial charge >= 0.3 is 5.69 Å². The number of rotatable bonds is 2. The standard InChI is InChI=1S/C12H11N2O2/c1-9-4-5-10(7-12(9)14(15)16)11-3-2-6-13-8-11/h2-8H,1H3,(H,15,16)/q+1. The Morgan fingerprint density at radius 2 is 2.06 bits per heavy atom. The van der Waals surface area contributed by atoms with E-state index in [1.165, 1.54) is 0 Å². The zero-order valence-corrected chi connectivity index (χ0v) is 8.79. The zero-order chi connectivity index (χ0) is 11.5. The average molecular weight is 215 g/mol. The predicted octanol–water partition coefficient (Wildman–Crippen LogP) is 2.86. The maximum Gasteiger partial charge on any atom is 0.320 e. The highest BCUT2D eigenvalue weighted by Gasteiger charge is 2.16. The lowest BCUT2D eigenvalue weighted by atomic mass is 10.0. The lowest BCUT2D eigenvalue weighted by Crippen LogP contribution is -1.95. The largest absolute Gasteiger partial charge is 0.320 e. The number of aryl methyl sites for hydroxylation is 1. The van der Waals surface area contributed by atoms with Crippen molar-refractivity contribution in [2.45, 2.75) is 6.92 Å². The lowest BCUT2D eigenvalue weighted by Gasteiger charge is -2.00. The van der Waals surface area contributed by atoms with Crippen LogP contribution in [0.4, 0.5) is 5.69 Å². The molecule has 16 heavy (non-hydrogen) atoms. The summed E-state index contributed by atoms with van der Waals surface area (Å²) in [6.07, 6.45) is 3.39. The Bertz CT molecular complexity index is 524. The molecule has 0 saturated heterocycles. The quantitative estimate of drug-likeness (QED) is 0.783. The van der Waals surface area contributed by atoms with E-state index in [1.807, 2.05) is 18.2 Å². The van der Waals surface area contributed by atoms with Crippen LogP contribution in [0.3, 0.4) is 0 Å². The SMILES string of the molecule is Cc1ccc(-c2cccnc2)cc1[N+](=O)O. The first kappa shape index (κ1) is 10.3. The van der Waals surface area contributed by atoms with Crippen molar-refractivity contribution in [1.29, 1.82) is 0 Å². The lowest BCUT2D eigenvalue weighted by molar-refractivity contribution is -0.730. The Kier molecular flexibility index (Phi) is 2.64. The summed E-state index contributed by atoms with van der Waals surface area (Å²) in [5.74, 6) is 0. The van der Waals surface area contributed by atoms with E-state index >= 15 is 0 Å². The van der Waals surface area contributed by atoms with Gasteiger partial charge in [0.2, 0.25) is 0 Å². The molecule has 0 aliphatic carbocycles. The van der Waals surface area contributed by atoms with Crippen molar-refractivity contribution >= 4 is 5.69 Å². The number of benzene rings is 1. The van der Waals surface area contributed by atoms with Crippen LogP contribution in [-0.4, -0.2) is 15.1 Å². The predicted molar refractivity (Wildman–Crippen MR) is 59.5 cm³/mol. The summed E-state index contributed by atoms with van der Waals surface area (Å²) in [4.78, 5) is 14.8. The minimum atomic E-state index is -0.116. The highest BCUT2D eigenvalue weighted by Crippen LogP contribution is 2.25. The normalized spacial score (nSPS) is 10.1. The van der Waals surface area contributed by atoms with Crippen LogP contribution >= 0.6 is 0 Å². The van der Waals surface area contributed by atoms with E-state index in [-0.39, 0.29) is 10.6 Å². The molecule has 1 aromatic heterocycles. The summed E-state index contributed by atoms with van der Waals surface area (Å²) in [5, 5.41) is 8.94. The van der Waals surface area contributed by atoms with E-state index < -0.39 is 0 Å². The number of hydrogen-bond donors (Lipinski definition) is 1. The van der Waals surface area contributed by atoms with Gasteiger partial charge in [0.15, 0.2) is 0 Å². The van der Waals surface area contributed by atoms with E-state index in [4.69, 9.17) is 5.21 Å². The summed E-state index contributed by atoms with van der Waals surface area (Å²) in [7, 11) is 0. The second-order valence-electron chi connectivity index (χ2n) is 3.52. The minimum absolute atomic E-state index is 0.116. The molecule has 2 rings (SSSR count). The van der Waals surface area contributed by atoms with Gasteiger partial charge in [-0.2, -0.15) is 0 Å². The molecular weight excluding hydrogens is 204 g/mol. The maximum atomic E-state index is 10.9. The molecule has 0 amide bonds. The Balaban J connectivity index is 2.52. The van der Waals surface area contributed by atoms with Crippen molar-refractivity contribution in [3.63, 3.8) is 0 Å². The van der Waals surface area contributed by atoms with Crippen molar-refractivity contribution in [1.82, 2.24) is 4.98 Å². The van der Waals surface area contributed by atoms with Crippen molar-refractivity contribution in [3.05, 3.63) is 53.2 Å². The third-order valence-electron chi connectivity index (χ3n) is 2.41. The van der Waals surface area contributed by atoms with Crippen LogP contribution in [0.1, 0.15) is 5.56 Å². The van der Waals surface area contributed by atoms with Gasteiger partial charge in [-0.3, -0.25) is 4.98 Å². The first-order chi connectivity index (χ1) is 7.68. The van der Waals surface area contributed by atoms with Crippen LogP contribution in [-0.2, 0) is 0 Å². The van der Waals surface area contributed by atoms with Crippen LogP contribution in [0.15, 0.2) is 42.7 Å². The van der Waals surface area contributed by atoms with Gasteiger partial charge in [-0.25, -0.2) is 5.21 Å². The van der Waals surface area contributed by atoms with Gasteiger partial charge in [-0.1, -0.05) is 18.2 Å². The summed E-state index contributed by atoms with van der Waals surface area (Å²) in [6, 6.07) is 9.04. The fourth-order valence-electron chi connectivity index (χ4n) is 1.53. The molecule has 1 heterocycles.